The van der Waals surface area contributed by atoms with Gasteiger partial charge in [0.15, 0.2) is 0 Å². The number of anilines is 2. The molecule has 0 radical (unpaired) electrons. The third-order valence-corrected chi connectivity index (χ3v) is 4.29. The molecule has 2 aromatic rings. The molecule has 0 aliphatic heterocycles. The molecule has 0 spiro atoms. The zero-order valence-electron chi connectivity index (χ0n) is 12.9. The van der Waals surface area contributed by atoms with Gasteiger partial charge in [-0.2, -0.15) is 0 Å². The number of sulfonamides is 1. The topological polar surface area (TPSA) is 84.5 Å². The van der Waals surface area contributed by atoms with Crippen molar-refractivity contribution in [1.29, 1.82) is 0 Å². The lowest BCUT2D eigenvalue weighted by Crippen LogP contribution is -2.13. The van der Waals surface area contributed by atoms with Crippen LogP contribution in [0.3, 0.4) is 0 Å². The summed E-state index contributed by atoms with van der Waals surface area (Å²) in [4.78, 5) is 11.1. The predicted molar refractivity (Wildman–Crippen MR) is 92.3 cm³/mol. The maximum Gasteiger partial charge on any atom is 0.261 e. The molecule has 0 atom stereocenters. The van der Waals surface area contributed by atoms with Gasteiger partial charge in [-0.3, -0.25) is 9.52 Å². The molecule has 0 aliphatic carbocycles. The number of ether oxygens (including phenoxy) is 1. The average molecular weight is 344 g/mol. The summed E-state index contributed by atoms with van der Waals surface area (Å²) in [5.74, 6) is 2.58. The average Bonchev–Trinajstić information content (AvgIpc) is 2.53. The second kappa shape index (κ2) is 7.53. The first-order valence-corrected chi connectivity index (χ1v) is 8.46. The van der Waals surface area contributed by atoms with E-state index in [1.165, 1.54) is 31.2 Å². The van der Waals surface area contributed by atoms with Crippen LogP contribution in [0, 0.1) is 12.3 Å². The van der Waals surface area contributed by atoms with E-state index in [1.807, 2.05) is 0 Å². The lowest BCUT2D eigenvalue weighted by atomic mass is 10.3. The van der Waals surface area contributed by atoms with Gasteiger partial charge in [0.1, 0.15) is 12.4 Å². The van der Waals surface area contributed by atoms with E-state index in [2.05, 4.69) is 16.0 Å². The van der Waals surface area contributed by atoms with Crippen molar-refractivity contribution in [2.24, 2.45) is 0 Å². The Kier molecular flexibility index (Phi) is 5.45. The van der Waals surface area contributed by atoms with Gasteiger partial charge in [0.25, 0.3) is 10.0 Å². The van der Waals surface area contributed by atoms with Crippen molar-refractivity contribution in [1.82, 2.24) is 0 Å². The Bertz CT molecular complexity index is 868. The summed E-state index contributed by atoms with van der Waals surface area (Å²) in [5.41, 5.74) is 0.876. The van der Waals surface area contributed by atoms with Crippen LogP contribution in [0.1, 0.15) is 6.92 Å². The van der Waals surface area contributed by atoms with Crippen LogP contribution in [-0.4, -0.2) is 20.9 Å². The number of amides is 1. The van der Waals surface area contributed by atoms with Crippen LogP contribution in [0.4, 0.5) is 11.4 Å². The fraction of sp³-hybridized carbons (Fsp3) is 0.118. The lowest BCUT2D eigenvalue weighted by Gasteiger charge is -2.10. The maximum atomic E-state index is 12.4. The molecule has 2 N–H and O–H groups in total. The summed E-state index contributed by atoms with van der Waals surface area (Å²) in [6.45, 7) is 1.47. The number of benzene rings is 2. The van der Waals surface area contributed by atoms with Crippen molar-refractivity contribution in [3.05, 3.63) is 48.5 Å². The standard InChI is InChI=1S/C17H16N2O4S/c1-3-11-23-16-6-4-5-15(12-16)19-24(21,22)17-9-7-14(8-10-17)18-13(2)20/h1,4-10,12,19H,11H2,2H3,(H,18,20). The number of carbonyl (C=O) groups is 1. The van der Waals surface area contributed by atoms with Crippen molar-refractivity contribution in [3.8, 4) is 18.1 Å². The smallest absolute Gasteiger partial charge is 0.261 e. The quantitative estimate of drug-likeness (QED) is 0.789. The molecule has 124 valence electrons. The fourth-order valence-corrected chi connectivity index (χ4v) is 2.96. The molecule has 1 amide bonds. The van der Waals surface area contributed by atoms with Gasteiger partial charge in [0, 0.05) is 18.7 Å². The molecule has 24 heavy (non-hydrogen) atoms. The normalized spacial score (nSPS) is 10.5. The van der Waals surface area contributed by atoms with Crippen LogP contribution < -0.4 is 14.8 Å². The molecule has 0 aliphatic rings. The number of hydrogen-bond acceptors (Lipinski definition) is 4. The van der Waals surface area contributed by atoms with E-state index in [0.717, 1.165) is 0 Å². The third kappa shape index (κ3) is 4.76. The first-order valence-electron chi connectivity index (χ1n) is 6.97. The summed E-state index contributed by atoms with van der Waals surface area (Å²) in [6, 6.07) is 12.3. The van der Waals surface area contributed by atoms with Gasteiger partial charge in [-0.15, -0.1) is 6.42 Å². The summed E-state index contributed by atoms with van der Waals surface area (Å²) in [6.07, 6.45) is 5.12. The summed E-state index contributed by atoms with van der Waals surface area (Å²) in [7, 11) is -3.75. The summed E-state index contributed by atoms with van der Waals surface area (Å²) >= 11 is 0. The molecule has 2 aromatic carbocycles. The Morgan fingerprint density at radius 3 is 2.50 bits per heavy atom. The van der Waals surface area contributed by atoms with E-state index in [1.54, 1.807) is 24.3 Å². The number of carbonyl (C=O) groups excluding carboxylic acids is 1. The van der Waals surface area contributed by atoms with Gasteiger partial charge in [0.05, 0.1) is 10.6 Å². The molecule has 6 nitrogen and oxygen atoms in total. The number of hydrogen-bond donors (Lipinski definition) is 2. The molecule has 0 bridgehead atoms. The number of rotatable bonds is 6. The second-order valence-electron chi connectivity index (χ2n) is 4.83. The summed E-state index contributed by atoms with van der Waals surface area (Å²) < 4.78 is 32.5. The molecule has 0 fully saturated rings. The van der Waals surface area contributed by atoms with Crippen molar-refractivity contribution in [2.45, 2.75) is 11.8 Å². The van der Waals surface area contributed by atoms with E-state index in [4.69, 9.17) is 11.2 Å². The van der Waals surface area contributed by atoms with Crippen molar-refractivity contribution in [2.75, 3.05) is 16.6 Å². The van der Waals surface area contributed by atoms with E-state index in [0.29, 0.717) is 17.1 Å². The molecule has 0 unspecified atom stereocenters. The van der Waals surface area contributed by atoms with E-state index >= 15 is 0 Å². The summed E-state index contributed by atoms with van der Waals surface area (Å²) in [5, 5.41) is 2.57. The molecule has 0 saturated carbocycles. The van der Waals surface area contributed by atoms with Crippen LogP contribution in [-0.2, 0) is 14.8 Å². The Morgan fingerprint density at radius 1 is 1.17 bits per heavy atom. The van der Waals surface area contributed by atoms with Crippen LogP contribution in [0.25, 0.3) is 0 Å². The number of nitrogens with one attached hydrogen (secondary N) is 2. The first-order chi connectivity index (χ1) is 11.4. The van der Waals surface area contributed by atoms with Crippen molar-refractivity contribution in [3.63, 3.8) is 0 Å². The zero-order chi connectivity index (χ0) is 17.6. The largest absolute Gasteiger partial charge is 0.481 e. The van der Waals surface area contributed by atoms with Crippen molar-refractivity contribution < 1.29 is 17.9 Å². The van der Waals surface area contributed by atoms with Gasteiger partial charge >= 0.3 is 0 Å². The molecule has 0 heterocycles. The highest BCUT2D eigenvalue weighted by molar-refractivity contribution is 7.92. The van der Waals surface area contributed by atoms with Crippen molar-refractivity contribution >= 4 is 27.3 Å². The van der Waals surface area contributed by atoms with Crippen LogP contribution >= 0.6 is 0 Å². The Labute approximate surface area is 140 Å². The van der Waals surface area contributed by atoms with Crippen LogP contribution in [0.15, 0.2) is 53.4 Å². The van der Waals surface area contributed by atoms with Crippen LogP contribution in [0.5, 0.6) is 5.75 Å². The Balaban J connectivity index is 2.16. The first kappa shape index (κ1) is 17.4. The highest BCUT2D eigenvalue weighted by Gasteiger charge is 2.14. The predicted octanol–water partition coefficient (Wildman–Crippen LogP) is 2.46. The highest BCUT2D eigenvalue weighted by Crippen LogP contribution is 2.21. The molecule has 7 heteroatoms. The fourth-order valence-electron chi connectivity index (χ4n) is 1.91. The monoisotopic (exact) mass is 344 g/mol. The third-order valence-electron chi connectivity index (χ3n) is 2.89. The van der Waals surface area contributed by atoms with Gasteiger partial charge in [0.2, 0.25) is 5.91 Å². The Hall–Kier alpha value is -2.98. The van der Waals surface area contributed by atoms with E-state index < -0.39 is 10.0 Å². The van der Waals surface area contributed by atoms with E-state index in [-0.39, 0.29) is 17.4 Å². The molecule has 0 saturated heterocycles. The minimum absolute atomic E-state index is 0.0755. The van der Waals surface area contributed by atoms with E-state index in [9.17, 15) is 13.2 Å². The van der Waals surface area contributed by atoms with Gasteiger partial charge in [-0.05, 0) is 36.4 Å². The van der Waals surface area contributed by atoms with Crippen LogP contribution in [0.2, 0.25) is 0 Å². The minimum Gasteiger partial charge on any atom is -0.481 e. The maximum absolute atomic E-state index is 12.4. The second-order valence-corrected chi connectivity index (χ2v) is 6.51. The highest BCUT2D eigenvalue weighted by atomic mass is 32.2. The Morgan fingerprint density at radius 2 is 1.88 bits per heavy atom. The molecule has 0 aromatic heterocycles. The molecular formula is C17H16N2O4S. The van der Waals surface area contributed by atoms with Gasteiger partial charge in [-0.25, -0.2) is 8.42 Å². The van der Waals surface area contributed by atoms with Gasteiger partial charge < -0.3 is 10.1 Å². The molecule has 2 rings (SSSR count). The van der Waals surface area contributed by atoms with Gasteiger partial charge in [-0.1, -0.05) is 12.0 Å². The minimum atomic E-state index is -3.75. The zero-order valence-corrected chi connectivity index (χ0v) is 13.8. The molecular weight excluding hydrogens is 328 g/mol. The lowest BCUT2D eigenvalue weighted by molar-refractivity contribution is -0.114. The SMILES string of the molecule is C#CCOc1cccc(NS(=O)(=O)c2ccc(NC(C)=O)cc2)c1. The number of terminal acetylenes is 1.